The second-order valence-electron chi connectivity index (χ2n) is 4.34. The van der Waals surface area contributed by atoms with Gasteiger partial charge in [-0.2, -0.15) is 0 Å². The van der Waals surface area contributed by atoms with Crippen LogP contribution < -0.4 is 10.1 Å². The van der Waals surface area contributed by atoms with Gasteiger partial charge >= 0.3 is 0 Å². The molecule has 0 aliphatic heterocycles. The third-order valence-electron chi connectivity index (χ3n) is 2.83. The van der Waals surface area contributed by atoms with E-state index in [0.29, 0.717) is 12.2 Å². The molecule has 2 aromatic carbocycles. The first-order chi connectivity index (χ1) is 10.2. The standard InChI is InChI=1S/C17H19NO2S/c1-3-20-14-9-7-8-13(12-14)18-17(19)15-10-5-6-11-16(15)21-4-2/h5-12H,3-4H2,1-2H3,(H,18,19). The fourth-order valence-electron chi connectivity index (χ4n) is 1.96. The Morgan fingerprint density at radius 1 is 1.14 bits per heavy atom. The molecule has 0 heterocycles. The maximum Gasteiger partial charge on any atom is 0.256 e. The van der Waals surface area contributed by atoms with Crippen molar-refractivity contribution in [3.05, 3.63) is 54.1 Å². The van der Waals surface area contributed by atoms with Crippen LogP contribution in [-0.4, -0.2) is 18.3 Å². The van der Waals surface area contributed by atoms with Gasteiger partial charge in [0.05, 0.1) is 12.2 Å². The van der Waals surface area contributed by atoms with Crippen molar-refractivity contribution in [1.82, 2.24) is 0 Å². The molecular weight excluding hydrogens is 282 g/mol. The topological polar surface area (TPSA) is 38.3 Å². The summed E-state index contributed by atoms with van der Waals surface area (Å²) in [5.74, 6) is 1.59. The SMILES string of the molecule is CCOc1cccc(NC(=O)c2ccccc2SCC)c1. The second-order valence-corrected chi connectivity index (χ2v) is 5.65. The van der Waals surface area contributed by atoms with E-state index in [1.807, 2.05) is 55.5 Å². The van der Waals surface area contributed by atoms with Crippen molar-refractivity contribution in [2.75, 3.05) is 17.7 Å². The minimum absolute atomic E-state index is 0.0970. The van der Waals surface area contributed by atoms with E-state index in [4.69, 9.17) is 4.74 Å². The fourth-order valence-corrected chi connectivity index (χ4v) is 2.77. The Morgan fingerprint density at radius 2 is 1.95 bits per heavy atom. The number of thioether (sulfide) groups is 1. The van der Waals surface area contributed by atoms with Gasteiger partial charge in [0.15, 0.2) is 0 Å². The smallest absolute Gasteiger partial charge is 0.256 e. The molecule has 0 atom stereocenters. The van der Waals surface area contributed by atoms with Crippen molar-refractivity contribution < 1.29 is 9.53 Å². The van der Waals surface area contributed by atoms with Gasteiger partial charge in [-0.3, -0.25) is 4.79 Å². The lowest BCUT2D eigenvalue weighted by molar-refractivity contribution is 0.102. The zero-order chi connectivity index (χ0) is 15.1. The van der Waals surface area contributed by atoms with Crippen LogP contribution in [0.25, 0.3) is 0 Å². The molecule has 4 heteroatoms. The van der Waals surface area contributed by atoms with E-state index in [2.05, 4.69) is 12.2 Å². The van der Waals surface area contributed by atoms with Crippen LogP contribution in [0.4, 0.5) is 5.69 Å². The Labute approximate surface area is 129 Å². The molecule has 1 amide bonds. The summed E-state index contributed by atoms with van der Waals surface area (Å²) in [5, 5.41) is 2.92. The van der Waals surface area contributed by atoms with E-state index >= 15 is 0 Å². The van der Waals surface area contributed by atoms with Crippen LogP contribution >= 0.6 is 11.8 Å². The normalized spacial score (nSPS) is 10.2. The van der Waals surface area contributed by atoms with E-state index in [-0.39, 0.29) is 5.91 Å². The molecule has 0 radical (unpaired) electrons. The Morgan fingerprint density at radius 3 is 2.71 bits per heavy atom. The molecule has 0 aliphatic rings. The van der Waals surface area contributed by atoms with Crippen LogP contribution in [0.15, 0.2) is 53.4 Å². The average molecular weight is 301 g/mol. The van der Waals surface area contributed by atoms with Crippen LogP contribution in [0.2, 0.25) is 0 Å². The van der Waals surface area contributed by atoms with Gasteiger partial charge in [-0.15, -0.1) is 11.8 Å². The molecule has 0 spiro atoms. The minimum atomic E-state index is -0.0970. The molecule has 1 N–H and O–H groups in total. The van der Waals surface area contributed by atoms with Crippen LogP contribution in [0.5, 0.6) is 5.75 Å². The summed E-state index contributed by atoms with van der Waals surface area (Å²) in [6.45, 7) is 4.61. The predicted molar refractivity (Wildman–Crippen MR) is 88.4 cm³/mol. The molecule has 2 aromatic rings. The van der Waals surface area contributed by atoms with Crippen molar-refractivity contribution in [1.29, 1.82) is 0 Å². The van der Waals surface area contributed by atoms with E-state index in [1.165, 1.54) is 0 Å². The maximum atomic E-state index is 12.4. The number of anilines is 1. The van der Waals surface area contributed by atoms with Gasteiger partial charge in [-0.05, 0) is 36.9 Å². The lowest BCUT2D eigenvalue weighted by atomic mass is 10.2. The minimum Gasteiger partial charge on any atom is -0.494 e. The molecular formula is C17H19NO2S. The summed E-state index contributed by atoms with van der Waals surface area (Å²) >= 11 is 1.67. The first-order valence-corrected chi connectivity index (χ1v) is 7.99. The van der Waals surface area contributed by atoms with Crippen molar-refractivity contribution in [3.63, 3.8) is 0 Å². The molecule has 110 valence electrons. The van der Waals surface area contributed by atoms with Crippen molar-refractivity contribution in [3.8, 4) is 5.75 Å². The van der Waals surface area contributed by atoms with Gasteiger partial charge in [0.25, 0.3) is 5.91 Å². The van der Waals surface area contributed by atoms with Crippen LogP contribution in [0.1, 0.15) is 24.2 Å². The molecule has 0 bridgehead atoms. The summed E-state index contributed by atoms with van der Waals surface area (Å²) < 4.78 is 5.44. The Kier molecular flexibility index (Phi) is 5.69. The number of hydrogen-bond donors (Lipinski definition) is 1. The molecule has 0 saturated carbocycles. The zero-order valence-corrected chi connectivity index (χ0v) is 13.1. The lowest BCUT2D eigenvalue weighted by Crippen LogP contribution is -2.13. The number of amides is 1. The van der Waals surface area contributed by atoms with Gasteiger partial charge in [-0.25, -0.2) is 0 Å². The average Bonchev–Trinajstić information content (AvgIpc) is 2.49. The highest BCUT2D eigenvalue weighted by Gasteiger charge is 2.11. The van der Waals surface area contributed by atoms with E-state index in [9.17, 15) is 4.79 Å². The first kappa shape index (κ1) is 15.4. The summed E-state index contributed by atoms with van der Waals surface area (Å²) in [6.07, 6.45) is 0. The number of hydrogen-bond acceptors (Lipinski definition) is 3. The van der Waals surface area contributed by atoms with Gasteiger partial charge in [0.2, 0.25) is 0 Å². The lowest BCUT2D eigenvalue weighted by Gasteiger charge is -2.10. The number of rotatable bonds is 6. The van der Waals surface area contributed by atoms with Gasteiger partial charge in [0.1, 0.15) is 5.75 Å². The van der Waals surface area contributed by atoms with E-state index in [0.717, 1.165) is 22.1 Å². The Balaban J connectivity index is 2.16. The molecule has 0 unspecified atom stereocenters. The third kappa shape index (κ3) is 4.26. The summed E-state index contributed by atoms with van der Waals surface area (Å²) in [6, 6.07) is 15.1. The molecule has 3 nitrogen and oxygen atoms in total. The number of carbonyl (C=O) groups is 1. The number of ether oxygens (including phenoxy) is 1. The predicted octanol–water partition coefficient (Wildman–Crippen LogP) is 4.45. The van der Waals surface area contributed by atoms with Crippen LogP contribution in [-0.2, 0) is 0 Å². The largest absolute Gasteiger partial charge is 0.494 e. The van der Waals surface area contributed by atoms with Gasteiger partial charge in [-0.1, -0.05) is 25.1 Å². The first-order valence-electron chi connectivity index (χ1n) is 7.00. The highest BCUT2D eigenvalue weighted by atomic mass is 32.2. The van der Waals surface area contributed by atoms with Crippen LogP contribution in [0.3, 0.4) is 0 Å². The summed E-state index contributed by atoms with van der Waals surface area (Å²) in [5.41, 5.74) is 1.44. The molecule has 0 aromatic heterocycles. The van der Waals surface area contributed by atoms with Crippen LogP contribution in [0, 0.1) is 0 Å². The monoisotopic (exact) mass is 301 g/mol. The molecule has 2 rings (SSSR count). The number of benzene rings is 2. The van der Waals surface area contributed by atoms with E-state index < -0.39 is 0 Å². The van der Waals surface area contributed by atoms with Gasteiger partial charge < -0.3 is 10.1 Å². The highest BCUT2D eigenvalue weighted by molar-refractivity contribution is 7.99. The van der Waals surface area contributed by atoms with E-state index in [1.54, 1.807) is 11.8 Å². The second kappa shape index (κ2) is 7.74. The van der Waals surface area contributed by atoms with Gasteiger partial charge in [0, 0.05) is 16.6 Å². The van der Waals surface area contributed by atoms with Crippen molar-refractivity contribution in [2.45, 2.75) is 18.7 Å². The quantitative estimate of drug-likeness (QED) is 0.801. The third-order valence-corrected chi connectivity index (χ3v) is 3.79. The number of nitrogens with one attached hydrogen (secondary N) is 1. The summed E-state index contributed by atoms with van der Waals surface area (Å²) in [7, 11) is 0. The van der Waals surface area contributed by atoms with Crippen molar-refractivity contribution in [2.24, 2.45) is 0 Å². The molecule has 21 heavy (non-hydrogen) atoms. The van der Waals surface area contributed by atoms with Crippen molar-refractivity contribution >= 4 is 23.4 Å². The molecule has 0 fully saturated rings. The molecule has 0 saturated heterocycles. The fraction of sp³-hybridized carbons (Fsp3) is 0.235. The summed E-state index contributed by atoms with van der Waals surface area (Å²) in [4.78, 5) is 13.4. The maximum absolute atomic E-state index is 12.4. The molecule has 0 aliphatic carbocycles. The zero-order valence-electron chi connectivity index (χ0n) is 12.3. The Bertz CT molecular complexity index is 613. The highest BCUT2D eigenvalue weighted by Crippen LogP contribution is 2.24. The Hall–Kier alpha value is -1.94. The number of carbonyl (C=O) groups excluding carboxylic acids is 1.